The van der Waals surface area contributed by atoms with Crippen molar-refractivity contribution in [2.24, 2.45) is 0 Å². The van der Waals surface area contributed by atoms with Crippen LogP contribution in [0, 0.1) is 0 Å². The van der Waals surface area contributed by atoms with Gasteiger partial charge in [0.2, 0.25) is 0 Å². The largest absolute Gasteiger partial charge is 0.378 e. The summed E-state index contributed by atoms with van der Waals surface area (Å²) in [6.45, 7) is 4.47. The second-order valence-electron chi connectivity index (χ2n) is 7.82. The molecule has 2 heteroatoms. The summed E-state index contributed by atoms with van der Waals surface area (Å²) in [6, 6.07) is 0. The van der Waals surface area contributed by atoms with E-state index in [0.29, 0.717) is 6.42 Å². The predicted octanol–water partition coefficient (Wildman–Crippen LogP) is 8.40. The van der Waals surface area contributed by atoms with Gasteiger partial charge < -0.3 is 4.74 Å². The minimum absolute atomic E-state index is 0.176. The van der Waals surface area contributed by atoms with E-state index in [4.69, 9.17) is 4.74 Å². The molecule has 0 fully saturated rings. The summed E-state index contributed by atoms with van der Waals surface area (Å²) >= 11 is 0. The summed E-state index contributed by atoms with van der Waals surface area (Å²) < 4.78 is 19.6. The number of hydrogen-bond acceptors (Lipinski definition) is 1. The van der Waals surface area contributed by atoms with Crippen LogP contribution in [-0.2, 0) is 4.74 Å². The molecule has 0 aromatic carbocycles. The van der Waals surface area contributed by atoms with Crippen molar-refractivity contribution in [2.45, 2.75) is 142 Å². The lowest BCUT2D eigenvalue weighted by molar-refractivity contribution is 0.0203. The molecule has 0 N–H and O–H groups in total. The summed E-state index contributed by atoms with van der Waals surface area (Å²) in [7, 11) is 1.67. The highest BCUT2D eigenvalue weighted by Gasteiger charge is 2.19. The molecular formula is C23H47FO. The molecule has 0 radical (unpaired) electrons. The predicted molar refractivity (Wildman–Crippen MR) is 110 cm³/mol. The van der Waals surface area contributed by atoms with Crippen molar-refractivity contribution in [1.82, 2.24) is 0 Å². The fraction of sp³-hybridized carbons (Fsp3) is 1.00. The number of hydrogen-bond donors (Lipinski definition) is 0. The lowest BCUT2D eigenvalue weighted by Gasteiger charge is -2.19. The van der Waals surface area contributed by atoms with E-state index >= 15 is 0 Å². The molecular weight excluding hydrogens is 311 g/mol. The maximum atomic E-state index is 14.2. The summed E-state index contributed by atoms with van der Waals surface area (Å²) in [5, 5.41) is 0. The molecule has 0 saturated heterocycles. The van der Waals surface area contributed by atoms with Gasteiger partial charge in [-0.15, -0.1) is 0 Å². The molecule has 0 rings (SSSR count). The van der Waals surface area contributed by atoms with E-state index in [-0.39, 0.29) is 6.10 Å². The third kappa shape index (κ3) is 17.1. The molecule has 0 aromatic heterocycles. The Kier molecular flexibility index (Phi) is 20.1. The van der Waals surface area contributed by atoms with Crippen molar-refractivity contribution in [3.8, 4) is 0 Å². The molecule has 0 aliphatic heterocycles. The smallest absolute Gasteiger partial charge is 0.126 e. The van der Waals surface area contributed by atoms with Crippen LogP contribution in [0.1, 0.15) is 129 Å². The molecule has 0 aliphatic carbocycles. The highest BCUT2D eigenvalue weighted by molar-refractivity contribution is 4.69. The maximum Gasteiger partial charge on any atom is 0.126 e. The van der Waals surface area contributed by atoms with Gasteiger partial charge >= 0.3 is 0 Å². The van der Waals surface area contributed by atoms with E-state index in [2.05, 4.69) is 13.8 Å². The van der Waals surface area contributed by atoms with Gasteiger partial charge in [-0.05, 0) is 12.8 Å². The third-order valence-electron chi connectivity index (χ3n) is 5.38. The van der Waals surface area contributed by atoms with Crippen molar-refractivity contribution in [3.05, 3.63) is 0 Å². The number of rotatable bonds is 20. The van der Waals surface area contributed by atoms with Gasteiger partial charge in [-0.1, -0.05) is 117 Å². The van der Waals surface area contributed by atoms with Gasteiger partial charge in [0, 0.05) is 7.11 Å². The van der Waals surface area contributed by atoms with Crippen LogP contribution >= 0.6 is 0 Å². The SMILES string of the molecule is CCCCCCCCCCCCCCC(OC)C(F)CCCCCC. The Labute approximate surface area is 158 Å². The Bertz CT molecular complexity index is 244. The first kappa shape index (κ1) is 24.9. The Balaban J connectivity index is 3.40. The van der Waals surface area contributed by atoms with Crippen molar-refractivity contribution in [1.29, 1.82) is 0 Å². The van der Waals surface area contributed by atoms with Crippen LogP contribution in [-0.4, -0.2) is 19.4 Å². The molecule has 0 bridgehead atoms. The van der Waals surface area contributed by atoms with Crippen LogP contribution < -0.4 is 0 Å². The Morgan fingerprint density at radius 2 is 0.920 bits per heavy atom. The summed E-state index contributed by atoms with van der Waals surface area (Å²) in [6.07, 6.45) is 21.4. The Hall–Kier alpha value is -0.110. The zero-order valence-corrected chi connectivity index (χ0v) is 17.7. The summed E-state index contributed by atoms with van der Waals surface area (Å²) in [5.41, 5.74) is 0. The number of ether oxygens (including phenoxy) is 1. The number of methoxy groups -OCH3 is 1. The van der Waals surface area contributed by atoms with Crippen molar-refractivity contribution < 1.29 is 9.13 Å². The standard InChI is InChI=1S/C23H47FO/c1-4-6-8-10-11-12-13-14-15-16-17-19-21-23(25-3)22(24)20-18-9-7-5-2/h22-23H,4-21H2,1-3H3. The van der Waals surface area contributed by atoms with Gasteiger partial charge in [0.1, 0.15) is 6.17 Å². The molecule has 1 nitrogen and oxygen atoms in total. The highest BCUT2D eigenvalue weighted by Crippen LogP contribution is 2.19. The van der Waals surface area contributed by atoms with Gasteiger partial charge in [-0.3, -0.25) is 0 Å². The Morgan fingerprint density at radius 1 is 0.560 bits per heavy atom. The highest BCUT2D eigenvalue weighted by atomic mass is 19.1. The first-order chi connectivity index (χ1) is 12.3. The lowest BCUT2D eigenvalue weighted by atomic mass is 10.0. The Morgan fingerprint density at radius 3 is 1.36 bits per heavy atom. The van der Waals surface area contributed by atoms with Crippen molar-refractivity contribution in [2.75, 3.05) is 7.11 Å². The molecule has 0 aromatic rings. The van der Waals surface area contributed by atoms with E-state index in [0.717, 1.165) is 25.7 Å². The van der Waals surface area contributed by atoms with Crippen LogP contribution in [0.2, 0.25) is 0 Å². The van der Waals surface area contributed by atoms with Crippen LogP contribution in [0.3, 0.4) is 0 Å². The molecule has 152 valence electrons. The van der Waals surface area contributed by atoms with E-state index in [9.17, 15) is 4.39 Å². The number of halogens is 1. The second-order valence-corrected chi connectivity index (χ2v) is 7.82. The van der Waals surface area contributed by atoms with E-state index in [1.807, 2.05) is 0 Å². The monoisotopic (exact) mass is 358 g/mol. The normalized spacial score (nSPS) is 13.9. The molecule has 2 unspecified atom stereocenters. The quantitative estimate of drug-likeness (QED) is 0.198. The zero-order valence-electron chi connectivity index (χ0n) is 17.7. The van der Waals surface area contributed by atoms with Crippen LogP contribution in [0.4, 0.5) is 4.39 Å². The lowest BCUT2D eigenvalue weighted by Crippen LogP contribution is -2.24. The molecule has 25 heavy (non-hydrogen) atoms. The molecule has 0 spiro atoms. The van der Waals surface area contributed by atoms with Crippen LogP contribution in [0.15, 0.2) is 0 Å². The summed E-state index contributed by atoms with van der Waals surface area (Å²) in [5.74, 6) is 0. The topological polar surface area (TPSA) is 9.23 Å². The van der Waals surface area contributed by atoms with Gasteiger partial charge in [0.05, 0.1) is 6.10 Å². The minimum Gasteiger partial charge on any atom is -0.378 e. The molecule has 0 aliphatic rings. The van der Waals surface area contributed by atoms with E-state index in [1.165, 1.54) is 83.5 Å². The fourth-order valence-electron chi connectivity index (χ4n) is 3.58. The zero-order chi connectivity index (χ0) is 18.6. The van der Waals surface area contributed by atoms with Crippen LogP contribution in [0.25, 0.3) is 0 Å². The van der Waals surface area contributed by atoms with Gasteiger partial charge in [0.25, 0.3) is 0 Å². The average molecular weight is 359 g/mol. The third-order valence-corrected chi connectivity index (χ3v) is 5.38. The van der Waals surface area contributed by atoms with Gasteiger partial charge in [0.15, 0.2) is 0 Å². The van der Waals surface area contributed by atoms with Crippen molar-refractivity contribution >= 4 is 0 Å². The fourth-order valence-corrected chi connectivity index (χ4v) is 3.58. The van der Waals surface area contributed by atoms with E-state index < -0.39 is 6.17 Å². The minimum atomic E-state index is -0.769. The first-order valence-corrected chi connectivity index (χ1v) is 11.4. The maximum absolute atomic E-state index is 14.2. The average Bonchev–Trinajstić information content (AvgIpc) is 2.62. The first-order valence-electron chi connectivity index (χ1n) is 11.4. The van der Waals surface area contributed by atoms with E-state index in [1.54, 1.807) is 7.11 Å². The van der Waals surface area contributed by atoms with Crippen molar-refractivity contribution in [3.63, 3.8) is 0 Å². The van der Waals surface area contributed by atoms with Gasteiger partial charge in [-0.2, -0.15) is 0 Å². The number of alkyl halides is 1. The molecule has 2 atom stereocenters. The second kappa shape index (κ2) is 20.2. The molecule has 0 amide bonds. The number of unbranched alkanes of at least 4 members (excludes halogenated alkanes) is 14. The van der Waals surface area contributed by atoms with Crippen LogP contribution in [0.5, 0.6) is 0 Å². The molecule has 0 heterocycles. The summed E-state index contributed by atoms with van der Waals surface area (Å²) in [4.78, 5) is 0. The molecule has 0 saturated carbocycles. The van der Waals surface area contributed by atoms with Gasteiger partial charge in [-0.25, -0.2) is 4.39 Å².